The highest BCUT2D eigenvalue weighted by atomic mass is 16.5. The summed E-state index contributed by atoms with van der Waals surface area (Å²) in [5.74, 6) is 0.114. The van der Waals surface area contributed by atoms with Crippen LogP contribution in [0.1, 0.15) is 45.9 Å². The van der Waals surface area contributed by atoms with Crippen molar-refractivity contribution in [3.63, 3.8) is 0 Å². The molecular formula is C22H26N2O2. The van der Waals surface area contributed by atoms with Crippen LogP contribution in [-0.4, -0.2) is 42.2 Å². The lowest BCUT2D eigenvalue weighted by Crippen LogP contribution is -2.54. The molecule has 0 spiro atoms. The molecule has 1 fully saturated rings. The number of aryl methyl sites for hydroxylation is 1. The SMILES string of the molecule is COC[C@@H]1CCCN1N1C(=O)c2ccccc2C[C@@H]1c1ccccc1C. The number of hydrazine groups is 1. The average molecular weight is 350 g/mol. The summed E-state index contributed by atoms with van der Waals surface area (Å²) in [6, 6.07) is 16.8. The summed E-state index contributed by atoms with van der Waals surface area (Å²) in [4.78, 5) is 13.5. The zero-order valence-electron chi connectivity index (χ0n) is 15.5. The van der Waals surface area contributed by atoms with E-state index < -0.39 is 0 Å². The van der Waals surface area contributed by atoms with E-state index in [4.69, 9.17) is 4.74 Å². The molecule has 2 aromatic carbocycles. The van der Waals surface area contributed by atoms with Gasteiger partial charge in [-0.15, -0.1) is 0 Å². The second kappa shape index (κ2) is 7.22. The number of hydrogen-bond donors (Lipinski definition) is 0. The molecule has 2 aromatic rings. The number of fused-ring (bicyclic) bond motifs is 1. The molecule has 4 nitrogen and oxygen atoms in total. The van der Waals surface area contributed by atoms with E-state index in [1.807, 2.05) is 23.2 Å². The van der Waals surface area contributed by atoms with E-state index in [9.17, 15) is 4.79 Å². The minimum Gasteiger partial charge on any atom is -0.383 e. The summed E-state index contributed by atoms with van der Waals surface area (Å²) in [7, 11) is 1.74. The standard InChI is InChI=1S/C22H26N2O2/c1-16-8-3-5-11-19(16)21-14-17-9-4-6-12-20(17)22(25)24(21)23-13-7-10-18(23)15-26-2/h3-6,8-9,11-12,18,21H,7,10,13-15H2,1-2H3/t18-,21+/m0/s1. The summed E-state index contributed by atoms with van der Waals surface area (Å²) in [6.45, 7) is 3.70. The molecule has 136 valence electrons. The molecule has 0 unspecified atom stereocenters. The largest absolute Gasteiger partial charge is 0.383 e. The van der Waals surface area contributed by atoms with Crippen molar-refractivity contribution in [1.29, 1.82) is 0 Å². The zero-order chi connectivity index (χ0) is 18.1. The highest BCUT2D eigenvalue weighted by molar-refractivity contribution is 5.97. The van der Waals surface area contributed by atoms with Crippen molar-refractivity contribution in [3.8, 4) is 0 Å². The third-order valence-corrected chi connectivity index (χ3v) is 5.69. The molecule has 0 N–H and O–H groups in total. The van der Waals surface area contributed by atoms with Crippen LogP contribution in [0.4, 0.5) is 0 Å². The van der Waals surface area contributed by atoms with Gasteiger partial charge in [0.25, 0.3) is 5.91 Å². The third-order valence-electron chi connectivity index (χ3n) is 5.69. The maximum atomic E-state index is 13.5. The number of nitrogens with zero attached hydrogens (tertiary/aromatic N) is 2. The van der Waals surface area contributed by atoms with E-state index in [0.717, 1.165) is 36.9 Å². The Morgan fingerprint density at radius 1 is 1.12 bits per heavy atom. The fourth-order valence-corrected chi connectivity index (χ4v) is 4.43. The molecule has 2 heterocycles. The molecule has 2 aliphatic rings. The Bertz CT molecular complexity index is 804. The van der Waals surface area contributed by atoms with Crippen molar-refractivity contribution in [1.82, 2.24) is 10.0 Å². The minimum absolute atomic E-state index is 0.0380. The van der Waals surface area contributed by atoms with E-state index in [-0.39, 0.29) is 18.0 Å². The lowest BCUT2D eigenvalue weighted by Gasteiger charge is -2.44. The van der Waals surface area contributed by atoms with Gasteiger partial charge in [-0.3, -0.25) is 9.80 Å². The summed E-state index contributed by atoms with van der Waals surface area (Å²) in [5.41, 5.74) is 4.44. The van der Waals surface area contributed by atoms with Gasteiger partial charge >= 0.3 is 0 Å². The zero-order valence-corrected chi connectivity index (χ0v) is 15.5. The molecule has 0 aromatic heterocycles. The maximum absolute atomic E-state index is 13.5. The highest BCUT2D eigenvalue weighted by Gasteiger charge is 2.41. The third kappa shape index (κ3) is 2.93. The van der Waals surface area contributed by atoms with Gasteiger partial charge in [0, 0.05) is 19.2 Å². The topological polar surface area (TPSA) is 32.8 Å². The average Bonchev–Trinajstić information content (AvgIpc) is 3.10. The van der Waals surface area contributed by atoms with Crippen LogP contribution in [0.3, 0.4) is 0 Å². The van der Waals surface area contributed by atoms with Gasteiger partial charge in [-0.2, -0.15) is 0 Å². The molecule has 0 bridgehead atoms. The number of carbonyl (C=O) groups is 1. The first-order valence-corrected chi connectivity index (χ1v) is 9.43. The van der Waals surface area contributed by atoms with E-state index in [2.05, 4.69) is 42.3 Å². The highest BCUT2D eigenvalue weighted by Crippen LogP contribution is 2.38. The van der Waals surface area contributed by atoms with Crippen LogP contribution >= 0.6 is 0 Å². The van der Waals surface area contributed by atoms with Gasteiger partial charge in [0.2, 0.25) is 0 Å². The first-order chi connectivity index (χ1) is 12.7. The smallest absolute Gasteiger partial charge is 0.269 e. The second-order valence-electron chi connectivity index (χ2n) is 7.30. The van der Waals surface area contributed by atoms with E-state index >= 15 is 0 Å². The van der Waals surface area contributed by atoms with Crippen LogP contribution in [0.5, 0.6) is 0 Å². The Hall–Kier alpha value is -2.17. The molecule has 4 heteroatoms. The monoisotopic (exact) mass is 350 g/mol. The minimum atomic E-state index is 0.0380. The van der Waals surface area contributed by atoms with Crippen molar-refractivity contribution in [3.05, 3.63) is 70.8 Å². The summed E-state index contributed by atoms with van der Waals surface area (Å²) in [6.07, 6.45) is 3.02. The number of benzene rings is 2. The molecule has 2 aliphatic heterocycles. The molecule has 1 amide bonds. The number of rotatable bonds is 4. The number of ether oxygens (including phenoxy) is 1. The summed E-state index contributed by atoms with van der Waals surface area (Å²) >= 11 is 0. The van der Waals surface area contributed by atoms with Crippen molar-refractivity contribution >= 4 is 5.91 Å². The quantitative estimate of drug-likeness (QED) is 0.842. The van der Waals surface area contributed by atoms with Gasteiger partial charge in [-0.25, -0.2) is 5.01 Å². The van der Waals surface area contributed by atoms with E-state index in [1.165, 1.54) is 11.1 Å². The van der Waals surface area contributed by atoms with Crippen LogP contribution in [-0.2, 0) is 11.2 Å². The Morgan fingerprint density at radius 2 is 1.88 bits per heavy atom. The Kier molecular flexibility index (Phi) is 4.79. The summed E-state index contributed by atoms with van der Waals surface area (Å²) in [5, 5.41) is 4.29. The van der Waals surface area contributed by atoms with Crippen molar-refractivity contribution in [2.45, 2.75) is 38.3 Å². The van der Waals surface area contributed by atoms with Crippen molar-refractivity contribution in [2.75, 3.05) is 20.3 Å². The maximum Gasteiger partial charge on any atom is 0.269 e. The van der Waals surface area contributed by atoms with Crippen LogP contribution in [0.15, 0.2) is 48.5 Å². The number of methoxy groups -OCH3 is 1. The molecular weight excluding hydrogens is 324 g/mol. The van der Waals surface area contributed by atoms with Crippen LogP contribution < -0.4 is 0 Å². The fourth-order valence-electron chi connectivity index (χ4n) is 4.43. The van der Waals surface area contributed by atoms with Crippen LogP contribution in [0.2, 0.25) is 0 Å². The predicted molar refractivity (Wildman–Crippen MR) is 102 cm³/mol. The molecule has 0 radical (unpaired) electrons. The molecule has 26 heavy (non-hydrogen) atoms. The Balaban J connectivity index is 1.79. The first kappa shape index (κ1) is 17.3. The molecule has 4 rings (SSSR count). The lowest BCUT2D eigenvalue weighted by atomic mass is 9.88. The van der Waals surface area contributed by atoms with Gasteiger partial charge in [-0.1, -0.05) is 42.5 Å². The molecule has 0 saturated carbocycles. The van der Waals surface area contributed by atoms with Crippen molar-refractivity contribution < 1.29 is 9.53 Å². The van der Waals surface area contributed by atoms with E-state index in [0.29, 0.717) is 6.61 Å². The van der Waals surface area contributed by atoms with Gasteiger partial charge in [-0.05, 0) is 48.9 Å². The van der Waals surface area contributed by atoms with E-state index in [1.54, 1.807) is 7.11 Å². The number of amides is 1. The van der Waals surface area contributed by atoms with Gasteiger partial charge in [0.15, 0.2) is 0 Å². The van der Waals surface area contributed by atoms with Crippen molar-refractivity contribution in [2.24, 2.45) is 0 Å². The lowest BCUT2D eigenvalue weighted by molar-refractivity contribution is -0.0640. The van der Waals surface area contributed by atoms with Gasteiger partial charge in [0.05, 0.1) is 18.7 Å². The van der Waals surface area contributed by atoms with Crippen LogP contribution in [0.25, 0.3) is 0 Å². The Labute approximate surface area is 155 Å². The number of carbonyl (C=O) groups excluding carboxylic acids is 1. The number of hydrogen-bond acceptors (Lipinski definition) is 3. The summed E-state index contributed by atoms with van der Waals surface area (Å²) < 4.78 is 5.44. The normalized spacial score (nSPS) is 23.3. The molecule has 1 saturated heterocycles. The Morgan fingerprint density at radius 3 is 2.69 bits per heavy atom. The van der Waals surface area contributed by atoms with Gasteiger partial charge < -0.3 is 4.74 Å². The second-order valence-corrected chi connectivity index (χ2v) is 7.30. The molecule has 0 aliphatic carbocycles. The fraction of sp³-hybridized carbons (Fsp3) is 0.409. The first-order valence-electron chi connectivity index (χ1n) is 9.43. The molecule has 2 atom stereocenters. The van der Waals surface area contributed by atoms with Crippen LogP contribution in [0, 0.1) is 6.92 Å². The van der Waals surface area contributed by atoms with Gasteiger partial charge in [0.1, 0.15) is 0 Å². The predicted octanol–water partition coefficient (Wildman–Crippen LogP) is 3.76.